The Morgan fingerprint density at radius 3 is 1.17 bits per heavy atom. The fourth-order valence-electron chi connectivity index (χ4n) is 2.47. The molecule has 0 amide bonds. The topological polar surface area (TPSA) is 29.5 Å². The van der Waals surface area contributed by atoms with Crippen molar-refractivity contribution in [1.82, 2.24) is 0 Å². The largest absolute Gasteiger partial charge is 0.483 e. The van der Waals surface area contributed by atoms with Gasteiger partial charge in [0.1, 0.15) is 0 Å². The van der Waals surface area contributed by atoms with Crippen molar-refractivity contribution in [3.8, 4) is 0 Å². The lowest BCUT2D eigenvalue weighted by Crippen LogP contribution is -2.55. The van der Waals surface area contributed by atoms with Gasteiger partial charge in [-0.3, -0.25) is 4.74 Å². The number of halogens is 17. The summed E-state index contributed by atoms with van der Waals surface area (Å²) in [5.41, 5.74) is -5.72. The van der Waals surface area contributed by atoms with Gasteiger partial charge in [-0.1, -0.05) is 58.0 Å². The lowest BCUT2D eigenvalue weighted by molar-refractivity contribution is -0.482. The molecular formula is C16HCl5F12O2. The molecule has 0 aliphatic rings. The molecule has 0 aliphatic heterocycles. The van der Waals surface area contributed by atoms with Gasteiger partial charge in [0.25, 0.3) is 5.79 Å². The van der Waals surface area contributed by atoms with E-state index in [1.165, 1.54) is 0 Å². The fraction of sp³-hybridized carbons (Fsp3) is 0.250. The van der Waals surface area contributed by atoms with E-state index >= 15 is 8.78 Å². The molecule has 1 unspecified atom stereocenters. The minimum Gasteiger partial charge on any atom is -0.357 e. The third kappa shape index (κ3) is 4.59. The third-order valence-electron chi connectivity index (χ3n) is 4.10. The Balaban J connectivity index is 3.13. The summed E-state index contributed by atoms with van der Waals surface area (Å²) in [7, 11) is 0. The molecule has 0 aliphatic carbocycles. The Kier molecular flexibility index (Phi) is 8.08. The lowest BCUT2D eigenvalue weighted by atomic mass is 9.91. The van der Waals surface area contributed by atoms with E-state index in [9.17, 15) is 49.0 Å². The Bertz CT molecular complexity index is 1140. The molecule has 0 spiro atoms. The van der Waals surface area contributed by atoms with E-state index in [2.05, 4.69) is 4.74 Å². The highest BCUT2D eigenvalue weighted by molar-refractivity contribution is 6.55. The summed E-state index contributed by atoms with van der Waals surface area (Å²) in [5, 5.41) is 3.60. The molecule has 1 atom stereocenters. The summed E-state index contributed by atoms with van der Waals surface area (Å²) in [5.74, 6) is -28.5. The van der Waals surface area contributed by atoms with Gasteiger partial charge in [0.15, 0.2) is 23.3 Å². The molecule has 19 heteroatoms. The summed E-state index contributed by atoms with van der Waals surface area (Å²) in [6.45, 7) is 0. The second-order valence-electron chi connectivity index (χ2n) is 6.22. The van der Waals surface area contributed by atoms with E-state index in [1.54, 1.807) is 0 Å². The van der Waals surface area contributed by atoms with Crippen LogP contribution in [0.25, 0.3) is 0 Å². The molecule has 0 saturated carbocycles. The van der Waals surface area contributed by atoms with E-state index in [0.29, 0.717) is 0 Å². The van der Waals surface area contributed by atoms with Crippen molar-refractivity contribution in [2.24, 2.45) is 0 Å². The van der Waals surface area contributed by atoms with Gasteiger partial charge in [0.2, 0.25) is 5.82 Å². The zero-order valence-electron chi connectivity index (χ0n) is 15.3. The molecular weight excluding hydrogens is 629 g/mol. The number of hydrogen-bond donors (Lipinski definition) is 1. The first-order valence-electron chi connectivity index (χ1n) is 7.84. The standard InChI is InChI=1S/C16HCl5F12O2/c17-3-1(4(18)6(20)7(21)5(3)19)13(27,28)14(34,35-16(32,33)15(29,30)31)2-8(22)10(24)12(26)11(25)9(2)23/h34H. The quantitative estimate of drug-likeness (QED) is 0.155. The van der Waals surface area contributed by atoms with E-state index < -0.39 is 89.3 Å². The number of ether oxygens (including phenoxy) is 1. The van der Waals surface area contributed by atoms with Crippen molar-refractivity contribution in [2.45, 2.75) is 24.0 Å². The van der Waals surface area contributed by atoms with Crippen LogP contribution in [-0.4, -0.2) is 17.4 Å². The summed E-state index contributed by atoms with van der Waals surface area (Å²) >= 11 is 27.4. The summed E-state index contributed by atoms with van der Waals surface area (Å²) < 4.78 is 168. The number of benzene rings is 2. The van der Waals surface area contributed by atoms with Gasteiger partial charge in [-0.25, -0.2) is 22.0 Å². The first-order valence-corrected chi connectivity index (χ1v) is 9.73. The predicted octanol–water partition coefficient (Wildman–Crippen LogP) is 8.76. The maximum absolute atomic E-state index is 15.5. The average molecular weight is 630 g/mol. The second-order valence-corrected chi connectivity index (χ2v) is 8.11. The maximum Gasteiger partial charge on any atom is 0.483 e. The SMILES string of the molecule is OC(OC(F)(F)C(F)(F)F)(c1c(F)c(F)c(F)c(F)c1F)C(F)(F)c1c(Cl)c(Cl)c(Cl)c(Cl)c1Cl. The van der Waals surface area contributed by atoms with Crippen LogP contribution in [0, 0.1) is 29.1 Å². The fourth-order valence-corrected chi connectivity index (χ4v) is 3.84. The molecule has 196 valence electrons. The monoisotopic (exact) mass is 628 g/mol. The van der Waals surface area contributed by atoms with Crippen molar-refractivity contribution in [2.75, 3.05) is 0 Å². The lowest BCUT2D eigenvalue weighted by Gasteiger charge is -2.39. The van der Waals surface area contributed by atoms with Crippen LogP contribution in [-0.2, 0) is 16.4 Å². The molecule has 35 heavy (non-hydrogen) atoms. The minimum absolute atomic E-state index is 0.913. The van der Waals surface area contributed by atoms with Crippen LogP contribution in [0.2, 0.25) is 25.1 Å². The van der Waals surface area contributed by atoms with Gasteiger partial charge in [-0.2, -0.15) is 30.7 Å². The van der Waals surface area contributed by atoms with Gasteiger partial charge in [0.05, 0.1) is 36.2 Å². The van der Waals surface area contributed by atoms with Gasteiger partial charge >= 0.3 is 18.2 Å². The Hall–Kier alpha value is -1.03. The summed E-state index contributed by atoms with van der Waals surface area (Å²) in [4.78, 5) is 0. The molecule has 2 aromatic rings. The molecule has 0 aromatic heterocycles. The van der Waals surface area contributed by atoms with Crippen LogP contribution in [0.15, 0.2) is 0 Å². The highest BCUT2D eigenvalue weighted by atomic mass is 35.5. The highest BCUT2D eigenvalue weighted by Gasteiger charge is 2.71. The Morgan fingerprint density at radius 2 is 0.829 bits per heavy atom. The van der Waals surface area contributed by atoms with E-state index in [-0.39, 0.29) is 0 Å². The van der Waals surface area contributed by atoms with Crippen molar-refractivity contribution >= 4 is 58.0 Å². The molecule has 2 nitrogen and oxygen atoms in total. The van der Waals surface area contributed by atoms with Crippen LogP contribution < -0.4 is 0 Å². The third-order valence-corrected chi connectivity index (χ3v) is 6.38. The van der Waals surface area contributed by atoms with Gasteiger partial charge in [0, 0.05) is 0 Å². The minimum atomic E-state index is -7.00. The van der Waals surface area contributed by atoms with Gasteiger partial charge < -0.3 is 5.11 Å². The molecule has 0 saturated heterocycles. The van der Waals surface area contributed by atoms with Gasteiger partial charge in [-0.05, 0) is 0 Å². The van der Waals surface area contributed by atoms with E-state index in [1.807, 2.05) is 0 Å². The highest BCUT2D eigenvalue weighted by Crippen LogP contribution is 2.58. The van der Waals surface area contributed by atoms with Crippen LogP contribution in [0.4, 0.5) is 52.7 Å². The first kappa shape index (κ1) is 30.2. The molecule has 1 N–H and O–H groups in total. The number of rotatable bonds is 5. The Labute approximate surface area is 209 Å². The van der Waals surface area contributed by atoms with Crippen molar-refractivity contribution < 1.29 is 62.5 Å². The van der Waals surface area contributed by atoms with E-state index in [4.69, 9.17) is 58.0 Å². The van der Waals surface area contributed by atoms with Crippen molar-refractivity contribution in [1.29, 1.82) is 0 Å². The van der Waals surface area contributed by atoms with Crippen LogP contribution in [0.1, 0.15) is 11.1 Å². The van der Waals surface area contributed by atoms with Crippen LogP contribution >= 0.6 is 58.0 Å². The summed E-state index contributed by atoms with van der Waals surface area (Å²) in [6, 6.07) is 0. The average Bonchev–Trinajstić information content (AvgIpc) is 2.72. The van der Waals surface area contributed by atoms with Crippen LogP contribution in [0.5, 0.6) is 0 Å². The second kappa shape index (κ2) is 9.37. The number of hydrogen-bond acceptors (Lipinski definition) is 2. The normalized spacial score (nSPS) is 14.9. The zero-order valence-corrected chi connectivity index (χ0v) is 19.1. The molecule has 2 rings (SSSR count). The zero-order chi connectivity index (χ0) is 27.6. The van der Waals surface area contributed by atoms with E-state index in [0.717, 1.165) is 0 Å². The molecule has 0 heterocycles. The first-order chi connectivity index (χ1) is 15.6. The number of alkyl halides is 7. The smallest absolute Gasteiger partial charge is 0.357 e. The van der Waals surface area contributed by atoms with Gasteiger partial charge in [-0.15, -0.1) is 0 Å². The molecule has 0 fully saturated rings. The molecule has 0 bridgehead atoms. The summed E-state index contributed by atoms with van der Waals surface area (Å²) in [6.07, 6.45) is -13.9. The maximum atomic E-state index is 15.5. The van der Waals surface area contributed by atoms with Crippen molar-refractivity contribution in [3.05, 3.63) is 65.3 Å². The molecule has 0 radical (unpaired) electrons. The number of aliphatic hydroxyl groups is 1. The van der Waals surface area contributed by atoms with Crippen LogP contribution in [0.3, 0.4) is 0 Å². The molecule has 2 aromatic carbocycles. The predicted molar refractivity (Wildman–Crippen MR) is 97.6 cm³/mol. The Morgan fingerprint density at radius 1 is 0.514 bits per heavy atom. The van der Waals surface area contributed by atoms with Crippen molar-refractivity contribution in [3.63, 3.8) is 0 Å².